The first-order valence-electron chi connectivity index (χ1n) is 7.59. The highest BCUT2D eigenvalue weighted by atomic mass is 16.5. The SMILES string of the molecule is CCn1c(=O)c(C(=O)Nc2cccc(OC)c2)nc2ccccc21. The van der Waals surface area contributed by atoms with Crippen molar-refractivity contribution in [3.63, 3.8) is 0 Å². The molecule has 6 nitrogen and oxygen atoms in total. The molecule has 0 aliphatic rings. The Morgan fingerprint density at radius 2 is 2.00 bits per heavy atom. The second-order valence-electron chi connectivity index (χ2n) is 5.18. The molecular weight excluding hydrogens is 306 g/mol. The quantitative estimate of drug-likeness (QED) is 0.801. The molecule has 2 aromatic carbocycles. The molecule has 122 valence electrons. The molecule has 1 N–H and O–H groups in total. The number of amides is 1. The lowest BCUT2D eigenvalue weighted by molar-refractivity contribution is 0.102. The van der Waals surface area contributed by atoms with Gasteiger partial charge in [0.05, 0.1) is 18.1 Å². The molecule has 0 unspecified atom stereocenters. The van der Waals surface area contributed by atoms with Crippen LogP contribution in [-0.4, -0.2) is 22.6 Å². The maximum Gasteiger partial charge on any atom is 0.282 e. The standard InChI is InChI=1S/C18H17N3O3/c1-3-21-15-10-5-4-9-14(15)20-16(18(21)23)17(22)19-12-7-6-8-13(11-12)24-2/h4-11H,3H2,1-2H3,(H,19,22). The van der Waals surface area contributed by atoms with Crippen LogP contribution in [0.1, 0.15) is 17.4 Å². The molecule has 0 atom stereocenters. The molecule has 1 aromatic heterocycles. The molecule has 6 heteroatoms. The minimum atomic E-state index is -0.541. The number of benzene rings is 2. The molecule has 0 bridgehead atoms. The summed E-state index contributed by atoms with van der Waals surface area (Å²) in [5.41, 5.74) is 1.32. The van der Waals surface area contributed by atoms with E-state index in [0.717, 1.165) is 0 Å². The van der Waals surface area contributed by atoms with Crippen molar-refractivity contribution in [2.45, 2.75) is 13.5 Å². The van der Waals surface area contributed by atoms with Crippen molar-refractivity contribution in [3.8, 4) is 5.75 Å². The van der Waals surface area contributed by atoms with Crippen LogP contribution >= 0.6 is 0 Å². The van der Waals surface area contributed by atoms with E-state index in [-0.39, 0.29) is 5.69 Å². The number of anilines is 1. The Labute approximate surface area is 138 Å². The van der Waals surface area contributed by atoms with Gasteiger partial charge in [0.15, 0.2) is 5.69 Å². The molecule has 0 aliphatic heterocycles. The molecule has 0 saturated heterocycles. The Kier molecular flexibility index (Phi) is 4.29. The summed E-state index contributed by atoms with van der Waals surface area (Å²) in [4.78, 5) is 29.3. The van der Waals surface area contributed by atoms with Gasteiger partial charge in [-0.3, -0.25) is 9.59 Å². The van der Waals surface area contributed by atoms with Crippen LogP contribution in [0, 0.1) is 0 Å². The van der Waals surface area contributed by atoms with Gasteiger partial charge in [0.25, 0.3) is 11.5 Å². The van der Waals surface area contributed by atoms with Gasteiger partial charge in [0, 0.05) is 18.3 Å². The fourth-order valence-corrected chi connectivity index (χ4v) is 2.55. The van der Waals surface area contributed by atoms with Crippen molar-refractivity contribution in [2.75, 3.05) is 12.4 Å². The van der Waals surface area contributed by atoms with Gasteiger partial charge in [-0.15, -0.1) is 0 Å². The Morgan fingerprint density at radius 3 is 2.75 bits per heavy atom. The topological polar surface area (TPSA) is 73.2 Å². The predicted molar refractivity (Wildman–Crippen MR) is 92.6 cm³/mol. The van der Waals surface area contributed by atoms with Gasteiger partial charge in [0.1, 0.15) is 5.75 Å². The fraction of sp³-hybridized carbons (Fsp3) is 0.167. The number of ether oxygens (including phenoxy) is 1. The second kappa shape index (κ2) is 6.54. The summed E-state index contributed by atoms with van der Waals surface area (Å²) < 4.78 is 6.67. The van der Waals surface area contributed by atoms with Crippen LogP contribution in [0.4, 0.5) is 5.69 Å². The van der Waals surface area contributed by atoms with Gasteiger partial charge in [-0.25, -0.2) is 4.98 Å². The van der Waals surface area contributed by atoms with Crippen molar-refractivity contribution in [3.05, 3.63) is 64.6 Å². The lowest BCUT2D eigenvalue weighted by atomic mass is 10.2. The van der Waals surface area contributed by atoms with Crippen LogP contribution in [0.2, 0.25) is 0 Å². The van der Waals surface area contributed by atoms with Crippen molar-refractivity contribution in [1.82, 2.24) is 9.55 Å². The number of para-hydroxylation sites is 2. The number of rotatable bonds is 4. The summed E-state index contributed by atoms with van der Waals surface area (Å²) in [6.45, 7) is 2.32. The molecule has 3 rings (SSSR count). The third-order valence-electron chi connectivity index (χ3n) is 3.71. The van der Waals surface area contributed by atoms with E-state index in [1.807, 2.05) is 25.1 Å². The largest absolute Gasteiger partial charge is 0.497 e. The van der Waals surface area contributed by atoms with E-state index in [9.17, 15) is 9.59 Å². The number of fused-ring (bicyclic) bond motifs is 1. The van der Waals surface area contributed by atoms with E-state index in [1.54, 1.807) is 42.0 Å². The maximum absolute atomic E-state index is 12.6. The molecule has 0 radical (unpaired) electrons. The summed E-state index contributed by atoms with van der Waals surface area (Å²) in [6.07, 6.45) is 0. The van der Waals surface area contributed by atoms with Gasteiger partial charge in [-0.1, -0.05) is 18.2 Å². The van der Waals surface area contributed by atoms with Crippen molar-refractivity contribution < 1.29 is 9.53 Å². The van der Waals surface area contributed by atoms with Crippen molar-refractivity contribution >= 4 is 22.6 Å². The summed E-state index contributed by atoms with van der Waals surface area (Å²) in [5.74, 6) is 0.0754. The van der Waals surface area contributed by atoms with E-state index in [0.29, 0.717) is 29.0 Å². The molecule has 0 saturated carbocycles. The lowest BCUT2D eigenvalue weighted by Gasteiger charge is -2.11. The minimum Gasteiger partial charge on any atom is -0.497 e. The van der Waals surface area contributed by atoms with E-state index in [4.69, 9.17) is 4.74 Å². The molecule has 0 spiro atoms. The number of nitrogens with zero attached hydrogens (tertiary/aromatic N) is 2. The van der Waals surface area contributed by atoms with Crippen LogP contribution in [0.5, 0.6) is 5.75 Å². The third kappa shape index (κ3) is 2.86. The van der Waals surface area contributed by atoms with Crippen molar-refractivity contribution in [2.24, 2.45) is 0 Å². The normalized spacial score (nSPS) is 10.6. The van der Waals surface area contributed by atoms with Crippen LogP contribution in [0.15, 0.2) is 53.3 Å². The smallest absolute Gasteiger partial charge is 0.282 e. The fourth-order valence-electron chi connectivity index (χ4n) is 2.55. The van der Waals surface area contributed by atoms with Gasteiger partial charge in [-0.2, -0.15) is 0 Å². The Morgan fingerprint density at radius 1 is 1.21 bits per heavy atom. The molecule has 24 heavy (non-hydrogen) atoms. The number of carbonyl (C=O) groups is 1. The van der Waals surface area contributed by atoms with Gasteiger partial charge in [0.2, 0.25) is 0 Å². The van der Waals surface area contributed by atoms with E-state index in [2.05, 4.69) is 10.3 Å². The first-order chi connectivity index (χ1) is 11.6. The average Bonchev–Trinajstić information content (AvgIpc) is 2.61. The number of aryl methyl sites for hydroxylation is 1. The molecular formula is C18H17N3O3. The van der Waals surface area contributed by atoms with Crippen LogP contribution in [-0.2, 0) is 6.54 Å². The zero-order valence-electron chi connectivity index (χ0n) is 13.4. The summed E-state index contributed by atoms with van der Waals surface area (Å²) in [5, 5.41) is 2.69. The second-order valence-corrected chi connectivity index (χ2v) is 5.18. The summed E-state index contributed by atoms with van der Waals surface area (Å²) in [7, 11) is 1.55. The third-order valence-corrected chi connectivity index (χ3v) is 3.71. The monoisotopic (exact) mass is 323 g/mol. The van der Waals surface area contributed by atoms with Gasteiger partial charge in [-0.05, 0) is 31.2 Å². The van der Waals surface area contributed by atoms with Crippen LogP contribution < -0.4 is 15.6 Å². The number of hydrogen-bond acceptors (Lipinski definition) is 4. The Bertz CT molecular complexity index is 963. The summed E-state index contributed by atoms with van der Waals surface area (Å²) in [6, 6.07) is 14.2. The maximum atomic E-state index is 12.6. The Balaban J connectivity index is 2.03. The highest BCUT2D eigenvalue weighted by Gasteiger charge is 2.17. The molecule has 0 aliphatic carbocycles. The number of nitrogens with one attached hydrogen (secondary N) is 1. The summed E-state index contributed by atoms with van der Waals surface area (Å²) >= 11 is 0. The molecule has 1 amide bonds. The average molecular weight is 323 g/mol. The van der Waals surface area contributed by atoms with Crippen LogP contribution in [0.25, 0.3) is 11.0 Å². The number of carbonyl (C=O) groups excluding carboxylic acids is 1. The van der Waals surface area contributed by atoms with Crippen LogP contribution in [0.3, 0.4) is 0 Å². The molecule has 0 fully saturated rings. The predicted octanol–water partition coefficient (Wildman–Crippen LogP) is 2.68. The highest BCUT2D eigenvalue weighted by Crippen LogP contribution is 2.17. The molecule has 1 heterocycles. The first kappa shape index (κ1) is 15.7. The van der Waals surface area contributed by atoms with E-state index < -0.39 is 11.5 Å². The Hall–Kier alpha value is -3.15. The minimum absolute atomic E-state index is 0.127. The van der Waals surface area contributed by atoms with E-state index in [1.165, 1.54) is 0 Å². The highest BCUT2D eigenvalue weighted by molar-refractivity contribution is 6.03. The number of hydrogen-bond donors (Lipinski definition) is 1. The lowest BCUT2D eigenvalue weighted by Crippen LogP contribution is -2.30. The first-order valence-corrected chi connectivity index (χ1v) is 7.59. The number of aromatic nitrogens is 2. The molecule has 3 aromatic rings. The van der Waals surface area contributed by atoms with E-state index >= 15 is 0 Å². The van der Waals surface area contributed by atoms with Gasteiger partial charge < -0.3 is 14.6 Å². The number of methoxy groups -OCH3 is 1. The zero-order valence-corrected chi connectivity index (χ0v) is 13.4. The van der Waals surface area contributed by atoms with Gasteiger partial charge >= 0.3 is 0 Å². The zero-order chi connectivity index (χ0) is 17.1. The van der Waals surface area contributed by atoms with Crippen molar-refractivity contribution in [1.29, 1.82) is 0 Å².